The van der Waals surface area contributed by atoms with Gasteiger partial charge >= 0.3 is 18.1 Å². The van der Waals surface area contributed by atoms with E-state index in [2.05, 4.69) is 5.92 Å². The molecule has 0 radical (unpaired) electrons. The van der Waals surface area contributed by atoms with E-state index in [-0.39, 0.29) is 24.7 Å². The maximum atomic E-state index is 13.5. The van der Waals surface area contributed by atoms with Crippen molar-refractivity contribution in [2.75, 3.05) is 6.61 Å². The standard InChI is InChI=1S/C37H48O10Si/c1-7-37(22-15-10-16-23-37)46-35(41)42-24-21-28-29(45-34(40)27-19-13-9-14-20-27)30(43-25-26-17-11-8-12-18-26)31(32(44-28)33(38)39)47-48(5,6)36(2,3)4/h1,8-9,11-14,17-20,28-32H,10,15-16,21-25H2,2-6H3,(H,38,39)/t28-,29?,30?,31?,32?/m0/s1. The predicted octanol–water partition coefficient (Wildman–Crippen LogP) is 6.92. The molecule has 0 aromatic heterocycles. The van der Waals surface area contributed by atoms with Gasteiger partial charge in [0.05, 0.1) is 18.8 Å². The topological polar surface area (TPSA) is 127 Å². The van der Waals surface area contributed by atoms with Crippen LogP contribution in [0.1, 0.15) is 75.2 Å². The molecular formula is C37H48O10Si. The van der Waals surface area contributed by atoms with Crippen LogP contribution in [0.15, 0.2) is 60.7 Å². The van der Waals surface area contributed by atoms with Gasteiger partial charge in [-0.25, -0.2) is 14.4 Å². The molecule has 5 atom stereocenters. The van der Waals surface area contributed by atoms with Crippen molar-refractivity contribution in [3.63, 3.8) is 0 Å². The molecule has 260 valence electrons. The van der Waals surface area contributed by atoms with Crippen molar-refractivity contribution in [3.8, 4) is 12.3 Å². The van der Waals surface area contributed by atoms with Gasteiger partial charge in [-0.2, -0.15) is 0 Å². The molecule has 2 aromatic rings. The van der Waals surface area contributed by atoms with Crippen LogP contribution in [-0.2, 0) is 39.5 Å². The lowest BCUT2D eigenvalue weighted by Gasteiger charge is -2.48. The highest BCUT2D eigenvalue weighted by atomic mass is 28.4. The third-order valence-corrected chi connectivity index (χ3v) is 14.0. The molecule has 4 unspecified atom stereocenters. The Balaban J connectivity index is 1.64. The Morgan fingerprint density at radius 2 is 1.58 bits per heavy atom. The fourth-order valence-corrected chi connectivity index (χ4v) is 6.99. The molecule has 48 heavy (non-hydrogen) atoms. The molecule has 0 bridgehead atoms. The monoisotopic (exact) mass is 680 g/mol. The predicted molar refractivity (Wildman–Crippen MR) is 181 cm³/mol. The van der Waals surface area contributed by atoms with Crippen molar-refractivity contribution in [2.24, 2.45) is 0 Å². The van der Waals surface area contributed by atoms with Crippen molar-refractivity contribution in [1.82, 2.24) is 0 Å². The minimum Gasteiger partial charge on any atom is -0.479 e. The largest absolute Gasteiger partial charge is 0.509 e. The summed E-state index contributed by atoms with van der Waals surface area (Å²) in [6, 6.07) is 17.8. The van der Waals surface area contributed by atoms with Gasteiger partial charge in [-0.1, -0.05) is 81.6 Å². The van der Waals surface area contributed by atoms with E-state index in [4.69, 9.17) is 34.5 Å². The number of aliphatic carboxylic acids is 1. The molecule has 2 aliphatic rings. The first kappa shape index (κ1) is 37.1. The van der Waals surface area contributed by atoms with Gasteiger partial charge in [-0.3, -0.25) is 0 Å². The highest BCUT2D eigenvalue weighted by Gasteiger charge is 2.55. The number of terminal acetylenes is 1. The van der Waals surface area contributed by atoms with Crippen LogP contribution in [0.4, 0.5) is 4.79 Å². The molecule has 0 amide bonds. The Morgan fingerprint density at radius 1 is 0.958 bits per heavy atom. The fourth-order valence-electron chi connectivity index (χ4n) is 5.70. The zero-order valence-corrected chi connectivity index (χ0v) is 29.5. The summed E-state index contributed by atoms with van der Waals surface area (Å²) in [5.41, 5.74) is 0.124. The Kier molecular flexibility index (Phi) is 12.5. The summed E-state index contributed by atoms with van der Waals surface area (Å²) in [6.45, 7) is 10.0. The highest BCUT2D eigenvalue weighted by molar-refractivity contribution is 6.74. The molecule has 10 nitrogen and oxygen atoms in total. The minimum absolute atomic E-state index is 0.0212. The second-order valence-corrected chi connectivity index (χ2v) is 18.7. The molecule has 2 fully saturated rings. The fraction of sp³-hybridized carbons (Fsp3) is 0.541. The number of rotatable bonds is 12. The van der Waals surface area contributed by atoms with Gasteiger partial charge in [-0.05, 0) is 61.5 Å². The van der Waals surface area contributed by atoms with Crippen LogP contribution < -0.4 is 0 Å². The summed E-state index contributed by atoms with van der Waals surface area (Å²) in [4.78, 5) is 39.1. The van der Waals surface area contributed by atoms with Gasteiger partial charge in [0.15, 0.2) is 26.1 Å². The first-order valence-electron chi connectivity index (χ1n) is 16.6. The normalized spacial score (nSPS) is 24.1. The van der Waals surface area contributed by atoms with Crippen molar-refractivity contribution in [3.05, 3.63) is 71.8 Å². The Hall–Kier alpha value is -3.69. The van der Waals surface area contributed by atoms with Crippen LogP contribution in [0.3, 0.4) is 0 Å². The minimum atomic E-state index is -2.62. The Labute approximate surface area is 284 Å². The first-order chi connectivity index (χ1) is 22.7. The number of hydrogen-bond acceptors (Lipinski definition) is 9. The number of carbonyl (C=O) groups is 3. The molecule has 2 aromatic carbocycles. The van der Waals surface area contributed by atoms with Crippen molar-refractivity contribution < 1.29 is 47.6 Å². The molecule has 1 heterocycles. The zero-order chi connectivity index (χ0) is 35.0. The van der Waals surface area contributed by atoms with Gasteiger partial charge in [-0.15, -0.1) is 6.42 Å². The van der Waals surface area contributed by atoms with E-state index in [0.717, 1.165) is 24.8 Å². The number of hydrogen-bond donors (Lipinski definition) is 1. The van der Waals surface area contributed by atoms with Crippen LogP contribution in [0.2, 0.25) is 18.1 Å². The average Bonchev–Trinajstić information content (AvgIpc) is 3.05. The number of carboxylic acid groups (broad SMARTS) is 1. The van der Waals surface area contributed by atoms with E-state index in [1.54, 1.807) is 30.3 Å². The number of carbonyl (C=O) groups excluding carboxylic acids is 2. The Morgan fingerprint density at radius 3 is 2.17 bits per heavy atom. The molecule has 11 heteroatoms. The third-order valence-electron chi connectivity index (χ3n) is 9.48. The summed E-state index contributed by atoms with van der Waals surface area (Å²) in [6.07, 6.45) is 2.81. The van der Waals surface area contributed by atoms with Crippen molar-refractivity contribution in [1.29, 1.82) is 0 Å². The van der Waals surface area contributed by atoms with Gasteiger partial charge in [0.1, 0.15) is 18.3 Å². The highest BCUT2D eigenvalue weighted by Crippen LogP contribution is 2.41. The average molecular weight is 681 g/mol. The maximum Gasteiger partial charge on any atom is 0.509 e. The first-order valence-corrected chi connectivity index (χ1v) is 19.5. The number of benzene rings is 2. The summed E-state index contributed by atoms with van der Waals surface area (Å²) in [5.74, 6) is 0.726. The van der Waals surface area contributed by atoms with Crippen LogP contribution >= 0.6 is 0 Å². The summed E-state index contributed by atoms with van der Waals surface area (Å²) >= 11 is 0. The van der Waals surface area contributed by atoms with Gasteiger partial charge < -0.3 is 33.2 Å². The molecular weight excluding hydrogens is 632 g/mol. The van der Waals surface area contributed by atoms with Crippen molar-refractivity contribution in [2.45, 2.75) is 120 Å². The van der Waals surface area contributed by atoms with E-state index in [0.29, 0.717) is 18.4 Å². The number of ether oxygens (including phenoxy) is 5. The summed E-state index contributed by atoms with van der Waals surface area (Å²) in [5, 5.41) is 10.2. The second-order valence-electron chi connectivity index (χ2n) is 14.0. The SMILES string of the molecule is C#CC1(OC(=O)OCC[C@@H]2OC(C(=O)O)C(O[Si](C)(C)C(C)(C)C)C(OCc3ccccc3)C2OC(=O)c2ccccc2)CCCCC1. The van der Waals surface area contributed by atoms with Gasteiger partial charge in [0.25, 0.3) is 0 Å². The van der Waals surface area contributed by atoms with E-state index < -0.39 is 62.5 Å². The molecule has 0 spiro atoms. The van der Waals surface area contributed by atoms with Crippen LogP contribution in [-0.4, -0.2) is 74.2 Å². The third kappa shape index (κ3) is 9.47. The number of esters is 1. The maximum absolute atomic E-state index is 13.5. The molecule has 1 aliphatic heterocycles. The smallest absolute Gasteiger partial charge is 0.479 e. The molecule has 1 aliphatic carbocycles. The lowest BCUT2D eigenvalue weighted by Crippen LogP contribution is -2.65. The quantitative estimate of drug-likeness (QED) is 0.143. The van der Waals surface area contributed by atoms with Crippen LogP contribution in [0.25, 0.3) is 0 Å². The molecule has 4 rings (SSSR count). The van der Waals surface area contributed by atoms with Crippen molar-refractivity contribution >= 4 is 26.4 Å². The van der Waals surface area contributed by atoms with E-state index in [9.17, 15) is 19.5 Å². The molecule has 1 saturated heterocycles. The molecule has 1 saturated carbocycles. The van der Waals surface area contributed by atoms with E-state index >= 15 is 0 Å². The van der Waals surface area contributed by atoms with Crippen LogP contribution in [0, 0.1) is 12.3 Å². The lowest BCUT2D eigenvalue weighted by atomic mass is 9.85. The second kappa shape index (κ2) is 16.1. The Bertz CT molecular complexity index is 1410. The molecule has 1 N–H and O–H groups in total. The number of carboxylic acids is 1. The van der Waals surface area contributed by atoms with E-state index in [1.807, 2.05) is 64.2 Å². The van der Waals surface area contributed by atoms with E-state index in [1.165, 1.54) is 0 Å². The zero-order valence-electron chi connectivity index (χ0n) is 28.5. The summed E-state index contributed by atoms with van der Waals surface area (Å²) < 4.78 is 36.5. The van der Waals surface area contributed by atoms with Crippen LogP contribution in [0.5, 0.6) is 0 Å². The lowest BCUT2D eigenvalue weighted by molar-refractivity contribution is -0.239. The van der Waals surface area contributed by atoms with Gasteiger partial charge in [0, 0.05) is 6.42 Å². The van der Waals surface area contributed by atoms with Gasteiger partial charge in [0.2, 0.25) is 0 Å². The summed E-state index contributed by atoms with van der Waals surface area (Å²) in [7, 11) is -2.62.